The highest BCUT2D eigenvalue weighted by atomic mass is 35.5. The van der Waals surface area contributed by atoms with Crippen molar-refractivity contribution in [3.05, 3.63) is 64.4 Å². The van der Waals surface area contributed by atoms with Crippen LogP contribution in [0.4, 0.5) is 10.1 Å². The molecule has 0 fully saturated rings. The molecule has 140 valence electrons. The molecule has 5 nitrogen and oxygen atoms in total. The molecule has 0 aliphatic carbocycles. The summed E-state index contributed by atoms with van der Waals surface area (Å²) in [5.74, 6) is -1.53. The predicted octanol–water partition coefficient (Wildman–Crippen LogP) is 3.84. The van der Waals surface area contributed by atoms with E-state index in [9.17, 15) is 18.8 Å². The van der Waals surface area contributed by atoms with Crippen molar-refractivity contribution < 1.29 is 18.8 Å². The number of imide groups is 1. The predicted molar refractivity (Wildman–Crippen MR) is 104 cm³/mol. The summed E-state index contributed by atoms with van der Waals surface area (Å²) in [5.41, 5.74) is 0.862. The molecule has 1 heterocycles. The Hall–Kier alpha value is -2.38. The second-order valence-corrected chi connectivity index (χ2v) is 7.33. The van der Waals surface area contributed by atoms with Gasteiger partial charge in [-0.05, 0) is 48.8 Å². The maximum absolute atomic E-state index is 13.3. The molecule has 1 aliphatic rings. The second-order valence-electron chi connectivity index (χ2n) is 5.94. The van der Waals surface area contributed by atoms with Crippen LogP contribution >= 0.6 is 23.4 Å². The van der Waals surface area contributed by atoms with Crippen molar-refractivity contribution in [1.82, 2.24) is 4.90 Å². The number of nitrogens with one attached hydrogen (secondary N) is 1. The summed E-state index contributed by atoms with van der Waals surface area (Å²) in [4.78, 5) is 39.3. The molecule has 2 aromatic carbocycles. The van der Waals surface area contributed by atoms with Gasteiger partial charge in [0.15, 0.2) is 0 Å². The fraction of sp³-hybridized carbons (Fsp3) is 0.211. The number of carbonyl (C=O) groups excluding carboxylic acids is 3. The number of nitrogens with zero attached hydrogens (tertiary/aromatic N) is 1. The van der Waals surface area contributed by atoms with Gasteiger partial charge in [-0.25, -0.2) is 4.39 Å². The SMILES string of the molecule is CSCCC(C(=O)Nc1ccc(F)c(Cl)c1)N1C(=O)c2ccccc2C1=O. The highest BCUT2D eigenvalue weighted by molar-refractivity contribution is 7.98. The maximum atomic E-state index is 13.3. The molecule has 1 atom stereocenters. The van der Waals surface area contributed by atoms with Gasteiger partial charge in [0.2, 0.25) is 5.91 Å². The van der Waals surface area contributed by atoms with Gasteiger partial charge in [-0.1, -0.05) is 23.7 Å². The fourth-order valence-electron chi connectivity index (χ4n) is 2.90. The number of halogens is 2. The lowest BCUT2D eigenvalue weighted by Crippen LogP contribution is -2.47. The molecule has 3 rings (SSSR count). The standard InChI is InChI=1S/C19H16ClFN2O3S/c1-27-9-8-16(17(24)22-11-6-7-15(21)14(20)10-11)23-18(25)12-4-2-3-5-13(12)19(23)26/h2-7,10,16H,8-9H2,1H3,(H,22,24). The van der Waals surface area contributed by atoms with Gasteiger partial charge in [-0.3, -0.25) is 19.3 Å². The smallest absolute Gasteiger partial charge is 0.262 e. The summed E-state index contributed by atoms with van der Waals surface area (Å²) in [6, 6.07) is 9.29. The number of benzene rings is 2. The first kappa shape index (κ1) is 19.4. The van der Waals surface area contributed by atoms with Crippen LogP contribution in [-0.2, 0) is 4.79 Å². The molecule has 3 amide bonds. The summed E-state index contributed by atoms with van der Waals surface area (Å²) < 4.78 is 13.3. The van der Waals surface area contributed by atoms with Crippen molar-refractivity contribution in [3.8, 4) is 0 Å². The largest absolute Gasteiger partial charge is 0.324 e. The quantitative estimate of drug-likeness (QED) is 0.740. The van der Waals surface area contributed by atoms with E-state index in [1.54, 1.807) is 24.3 Å². The van der Waals surface area contributed by atoms with Crippen molar-refractivity contribution in [2.24, 2.45) is 0 Å². The Kier molecular flexibility index (Phi) is 5.82. The van der Waals surface area contributed by atoms with Crippen LogP contribution in [0.15, 0.2) is 42.5 Å². The van der Waals surface area contributed by atoms with Crippen molar-refractivity contribution in [3.63, 3.8) is 0 Å². The Balaban J connectivity index is 1.87. The lowest BCUT2D eigenvalue weighted by atomic mass is 10.1. The van der Waals surface area contributed by atoms with Gasteiger partial charge in [0.25, 0.3) is 11.8 Å². The molecule has 1 unspecified atom stereocenters. The van der Waals surface area contributed by atoms with Crippen LogP contribution in [-0.4, -0.2) is 40.7 Å². The third-order valence-corrected chi connectivity index (χ3v) is 5.16. The molecule has 27 heavy (non-hydrogen) atoms. The molecule has 0 saturated heterocycles. The van der Waals surface area contributed by atoms with E-state index in [2.05, 4.69) is 5.32 Å². The topological polar surface area (TPSA) is 66.5 Å². The van der Waals surface area contributed by atoms with E-state index < -0.39 is 29.6 Å². The van der Waals surface area contributed by atoms with Crippen molar-refractivity contribution in [2.45, 2.75) is 12.5 Å². The molecule has 0 bridgehead atoms. The summed E-state index contributed by atoms with van der Waals surface area (Å²) in [7, 11) is 0. The van der Waals surface area contributed by atoms with E-state index in [0.29, 0.717) is 12.2 Å². The van der Waals surface area contributed by atoms with E-state index in [0.717, 1.165) is 11.0 Å². The normalized spacial score (nSPS) is 14.3. The summed E-state index contributed by atoms with van der Waals surface area (Å²) in [5, 5.41) is 2.49. The number of hydrogen-bond acceptors (Lipinski definition) is 4. The first-order chi connectivity index (χ1) is 12.9. The molecule has 1 N–H and O–H groups in total. The zero-order valence-electron chi connectivity index (χ0n) is 14.4. The lowest BCUT2D eigenvalue weighted by Gasteiger charge is -2.25. The van der Waals surface area contributed by atoms with E-state index in [1.165, 1.54) is 23.9 Å². The second kappa shape index (κ2) is 8.10. The minimum Gasteiger partial charge on any atom is -0.324 e. The molecule has 0 aromatic heterocycles. The van der Waals surface area contributed by atoms with Crippen molar-refractivity contribution in [1.29, 1.82) is 0 Å². The Morgan fingerprint density at radius 2 is 1.81 bits per heavy atom. The summed E-state index contributed by atoms with van der Waals surface area (Å²) >= 11 is 7.25. The summed E-state index contributed by atoms with van der Waals surface area (Å²) in [6.45, 7) is 0. The minimum absolute atomic E-state index is 0.130. The number of thioether (sulfide) groups is 1. The average Bonchev–Trinajstić information content (AvgIpc) is 2.90. The molecule has 2 aromatic rings. The number of rotatable bonds is 6. The number of carbonyl (C=O) groups is 3. The van der Waals surface area contributed by atoms with Crippen LogP contribution in [0, 0.1) is 5.82 Å². The molecule has 0 radical (unpaired) electrons. The first-order valence-corrected chi connectivity index (χ1v) is 9.93. The highest BCUT2D eigenvalue weighted by Crippen LogP contribution is 2.27. The van der Waals surface area contributed by atoms with Gasteiger partial charge in [0.05, 0.1) is 16.1 Å². The van der Waals surface area contributed by atoms with Crippen LogP contribution in [0.25, 0.3) is 0 Å². The Bertz CT molecular complexity index is 887. The Morgan fingerprint density at radius 3 is 2.37 bits per heavy atom. The van der Waals surface area contributed by atoms with Crippen LogP contribution in [0.2, 0.25) is 5.02 Å². The van der Waals surface area contributed by atoms with Crippen LogP contribution < -0.4 is 5.32 Å². The third-order valence-electron chi connectivity index (χ3n) is 4.22. The molecule has 0 saturated carbocycles. The van der Waals surface area contributed by atoms with Gasteiger partial charge in [-0.15, -0.1) is 0 Å². The van der Waals surface area contributed by atoms with E-state index >= 15 is 0 Å². The Labute approximate surface area is 164 Å². The minimum atomic E-state index is -0.978. The van der Waals surface area contributed by atoms with E-state index in [4.69, 9.17) is 11.6 Å². The number of anilines is 1. The molecular formula is C19H16ClFN2O3S. The Morgan fingerprint density at radius 1 is 1.19 bits per heavy atom. The van der Waals surface area contributed by atoms with Crippen molar-refractivity contribution in [2.75, 3.05) is 17.3 Å². The molecule has 1 aliphatic heterocycles. The molecule has 8 heteroatoms. The maximum Gasteiger partial charge on any atom is 0.262 e. The van der Waals surface area contributed by atoms with Gasteiger partial charge in [0, 0.05) is 5.69 Å². The van der Waals surface area contributed by atoms with E-state index in [1.807, 2.05) is 6.26 Å². The highest BCUT2D eigenvalue weighted by Gasteiger charge is 2.42. The van der Waals surface area contributed by atoms with Gasteiger partial charge in [-0.2, -0.15) is 11.8 Å². The zero-order chi connectivity index (χ0) is 19.6. The van der Waals surface area contributed by atoms with Crippen LogP contribution in [0.1, 0.15) is 27.1 Å². The number of hydrogen-bond donors (Lipinski definition) is 1. The summed E-state index contributed by atoms with van der Waals surface area (Å²) in [6.07, 6.45) is 2.17. The molecule has 0 spiro atoms. The lowest BCUT2D eigenvalue weighted by molar-refractivity contribution is -0.120. The average molecular weight is 407 g/mol. The van der Waals surface area contributed by atoms with Crippen molar-refractivity contribution >= 4 is 46.8 Å². The van der Waals surface area contributed by atoms with E-state index in [-0.39, 0.29) is 21.8 Å². The first-order valence-electron chi connectivity index (χ1n) is 8.15. The van der Waals surface area contributed by atoms with Crippen LogP contribution in [0.3, 0.4) is 0 Å². The van der Waals surface area contributed by atoms with Crippen LogP contribution in [0.5, 0.6) is 0 Å². The zero-order valence-corrected chi connectivity index (χ0v) is 15.9. The monoisotopic (exact) mass is 406 g/mol. The van der Waals surface area contributed by atoms with Gasteiger partial charge in [0.1, 0.15) is 11.9 Å². The molecular weight excluding hydrogens is 391 g/mol. The number of amides is 3. The van der Waals surface area contributed by atoms with Gasteiger partial charge < -0.3 is 5.32 Å². The van der Waals surface area contributed by atoms with Gasteiger partial charge >= 0.3 is 0 Å². The number of fused-ring (bicyclic) bond motifs is 1. The fourth-order valence-corrected chi connectivity index (χ4v) is 3.54. The third kappa shape index (κ3) is 3.84.